The number of aromatic nitrogens is 1. The molecule has 1 N–H and O–H groups in total. The van der Waals surface area contributed by atoms with Crippen molar-refractivity contribution in [1.82, 2.24) is 14.8 Å². The van der Waals surface area contributed by atoms with Crippen molar-refractivity contribution in [1.29, 1.82) is 0 Å². The molecule has 0 bridgehead atoms. The predicted molar refractivity (Wildman–Crippen MR) is 133 cm³/mol. The Bertz CT molecular complexity index is 1130. The molecule has 34 heavy (non-hydrogen) atoms. The number of thiophene rings is 1. The van der Waals surface area contributed by atoms with E-state index in [-0.39, 0.29) is 24.0 Å². The summed E-state index contributed by atoms with van der Waals surface area (Å²) >= 11 is 1.68. The fraction of sp³-hybridized carbons (Fsp3) is 0.407. The van der Waals surface area contributed by atoms with Crippen LogP contribution < -0.4 is 5.32 Å². The van der Waals surface area contributed by atoms with Crippen molar-refractivity contribution >= 4 is 23.3 Å². The average Bonchev–Trinajstić information content (AvgIpc) is 3.54. The smallest absolute Gasteiger partial charge is 0.318 e. The Morgan fingerprint density at radius 2 is 1.88 bits per heavy atom. The van der Waals surface area contributed by atoms with Gasteiger partial charge < -0.3 is 19.5 Å². The summed E-state index contributed by atoms with van der Waals surface area (Å²) in [5.41, 5.74) is 3.35. The molecule has 178 valence electrons. The van der Waals surface area contributed by atoms with Crippen molar-refractivity contribution in [2.75, 3.05) is 13.2 Å². The fourth-order valence-corrected chi connectivity index (χ4v) is 6.13. The van der Waals surface area contributed by atoms with Gasteiger partial charge in [-0.25, -0.2) is 4.79 Å². The molecule has 1 aliphatic carbocycles. The molecular weight excluding hydrogens is 446 g/mol. The van der Waals surface area contributed by atoms with E-state index >= 15 is 0 Å². The summed E-state index contributed by atoms with van der Waals surface area (Å²) in [6.45, 7) is 3.45. The van der Waals surface area contributed by atoms with Gasteiger partial charge in [-0.1, -0.05) is 24.3 Å². The molecule has 0 radical (unpaired) electrons. The van der Waals surface area contributed by atoms with Crippen molar-refractivity contribution < 1.29 is 14.3 Å². The number of nitrogens with one attached hydrogen (secondary N) is 1. The van der Waals surface area contributed by atoms with Crippen LogP contribution in [0.25, 0.3) is 5.69 Å². The van der Waals surface area contributed by atoms with Crippen LogP contribution in [-0.2, 0) is 16.1 Å². The number of esters is 1. The zero-order chi connectivity index (χ0) is 23.5. The van der Waals surface area contributed by atoms with E-state index in [0.29, 0.717) is 25.6 Å². The third kappa shape index (κ3) is 4.49. The molecule has 1 unspecified atom stereocenters. The van der Waals surface area contributed by atoms with Crippen LogP contribution in [0.1, 0.15) is 54.8 Å². The van der Waals surface area contributed by atoms with Gasteiger partial charge in [0.15, 0.2) is 0 Å². The van der Waals surface area contributed by atoms with Gasteiger partial charge in [0.1, 0.15) is 6.04 Å². The van der Waals surface area contributed by atoms with Gasteiger partial charge in [0.05, 0.1) is 30.5 Å². The maximum absolute atomic E-state index is 13.6. The number of hydrogen-bond donors (Lipinski definition) is 1. The van der Waals surface area contributed by atoms with Gasteiger partial charge in [-0.2, -0.15) is 0 Å². The number of urea groups is 1. The first-order chi connectivity index (χ1) is 16.7. The maximum atomic E-state index is 13.6. The van der Waals surface area contributed by atoms with Crippen LogP contribution in [0.4, 0.5) is 4.79 Å². The molecule has 5 rings (SSSR count). The lowest BCUT2D eigenvalue weighted by molar-refractivity contribution is -0.149. The van der Waals surface area contributed by atoms with Crippen molar-refractivity contribution in [2.24, 2.45) is 11.8 Å². The van der Waals surface area contributed by atoms with Crippen LogP contribution in [0.2, 0.25) is 0 Å². The summed E-state index contributed by atoms with van der Waals surface area (Å²) in [5.74, 6) is 0.318. The van der Waals surface area contributed by atoms with Crippen LogP contribution in [0.3, 0.4) is 0 Å². The Balaban J connectivity index is 1.33. The van der Waals surface area contributed by atoms with Gasteiger partial charge in [-0.15, -0.1) is 11.3 Å². The van der Waals surface area contributed by atoms with Crippen molar-refractivity contribution in [2.45, 2.75) is 45.2 Å². The largest absolute Gasteiger partial charge is 0.466 e. The average molecular weight is 478 g/mol. The molecule has 1 aromatic carbocycles. The van der Waals surface area contributed by atoms with Crippen LogP contribution >= 0.6 is 11.3 Å². The third-order valence-corrected chi connectivity index (χ3v) is 7.97. The first kappa shape index (κ1) is 22.7. The lowest BCUT2D eigenvalue weighted by atomic mass is 9.82. The second-order valence-electron chi connectivity index (χ2n) is 9.13. The Morgan fingerprint density at radius 1 is 1.06 bits per heavy atom. The van der Waals surface area contributed by atoms with Crippen LogP contribution in [0.5, 0.6) is 0 Å². The molecule has 2 aliphatic rings. The number of rotatable bonds is 5. The molecule has 6 nitrogen and oxygen atoms in total. The maximum Gasteiger partial charge on any atom is 0.318 e. The van der Waals surface area contributed by atoms with E-state index in [0.717, 1.165) is 47.5 Å². The lowest BCUT2D eigenvalue weighted by Gasteiger charge is -2.32. The number of hydrogen-bond acceptors (Lipinski definition) is 4. The summed E-state index contributed by atoms with van der Waals surface area (Å²) < 4.78 is 7.40. The Morgan fingerprint density at radius 3 is 2.65 bits per heavy atom. The Hall–Kier alpha value is -3.06. The summed E-state index contributed by atoms with van der Waals surface area (Å²) in [7, 11) is 0. The Kier molecular flexibility index (Phi) is 6.72. The second kappa shape index (κ2) is 10.1. The minimum atomic E-state index is -0.151. The molecule has 0 spiro atoms. The molecule has 0 saturated heterocycles. The zero-order valence-electron chi connectivity index (χ0n) is 19.5. The summed E-state index contributed by atoms with van der Waals surface area (Å²) in [6.07, 6.45) is 5.62. The van der Waals surface area contributed by atoms with Crippen molar-refractivity contribution in [3.05, 3.63) is 76.2 Å². The number of fused-ring (bicyclic) bond motifs is 3. The van der Waals surface area contributed by atoms with Gasteiger partial charge in [0.25, 0.3) is 0 Å². The highest BCUT2D eigenvalue weighted by Crippen LogP contribution is 2.38. The predicted octanol–water partition coefficient (Wildman–Crippen LogP) is 5.52. The van der Waals surface area contributed by atoms with Gasteiger partial charge in [-0.3, -0.25) is 4.79 Å². The van der Waals surface area contributed by atoms with E-state index in [2.05, 4.69) is 51.8 Å². The summed E-state index contributed by atoms with van der Waals surface area (Å²) in [4.78, 5) is 28.8. The first-order valence-electron chi connectivity index (χ1n) is 12.2. The van der Waals surface area contributed by atoms with Gasteiger partial charge >= 0.3 is 12.0 Å². The van der Waals surface area contributed by atoms with Gasteiger partial charge in [0, 0.05) is 17.6 Å². The summed E-state index contributed by atoms with van der Waals surface area (Å²) in [6, 6.07) is 16.4. The molecule has 3 aromatic rings. The quantitative estimate of drug-likeness (QED) is 0.492. The van der Waals surface area contributed by atoms with E-state index in [9.17, 15) is 9.59 Å². The van der Waals surface area contributed by atoms with Gasteiger partial charge in [0.2, 0.25) is 0 Å². The van der Waals surface area contributed by atoms with Crippen LogP contribution in [0.15, 0.2) is 60.1 Å². The zero-order valence-corrected chi connectivity index (χ0v) is 20.3. The number of nitrogens with zero attached hydrogens (tertiary/aromatic N) is 2. The fourth-order valence-electron chi connectivity index (χ4n) is 5.28. The molecule has 1 saturated carbocycles. The van der Waals surface area contributed by atoms with E-state index in [1.54, 1.807) is 11.3 Å². The third-order valence-electron chi connectivity index (χ3n) is 7.05. The number of para-hydroxylation sites is 1. The molecule has 1 fully saturated rings. The molecule has 1 aliphatic heterocycles. The summed E-state index contributed by atoms with van der Waals surface area (Å²) in [5, 5.41) is 5.30. The highest BCUT2D eigenvalue weighted by molar-refractivity contribution is 7.10. The highest BCUT2D eigenvalue weighted by atomic mass is 32.1. The minimum Gasteiger partial charge on any atom is -0.466 e. The van der Waals surface area contributed by atoms with E-state index in [1.807, 2.05) is 30.0 Å². The first-order valence-corrected chi connectivity index (χ1v) is 13.0. The minimum absolute atomic E-state index is 0.00464. The van der Waals surface area contributed by atoms with E-state index < -0.39 is 0 Å². The topological polar surface area (TPSA) is 63.6 Å². The number of carbonyl (C=O) groups is 2. The number of benzene rings is 1. The van der Waals surface area contributed by atoms with Crippen molar-refractivity contribution in [3.63, 3.8) is 0 Å². The molecule has 3 heterocycles. The molecule has 7 heteroatoms. The van der Waals surface area contributed by atoms with E-state index in [1.165, 1.54) is 0 Å². The highest BCUT2D eigenvalue weighted by Gasteiger charge is 2.34. The molecular formula is C27H31N3O3S. The normalized spacial score (nSPS) is 21.8. The SMILES string of the molecule is CCOC(=O)C1CCC(CNC(=O)N2Cc3ccccc3-n3cccc3C2c2cccs2)CC1. The monoisotopic (exact) mass is 477 g/mol. The van der Waals surface area contributed by atoms with E-state index in [4.69, 9.17) is 4.74 Å². The number of ether oxygens (including phenoxy) is 1. The van der Waals surface area contributed by atoms with Gasteiger partial charge in [-0.05, 0) is 73.7 Å². The van der Waals surface area contributed by atoms with Crippen LogP contribution in [0, 0.1) is 11.8 Å². The lowest BCUT2D eigenvalue weighted by Crippen LogP contribution is -2.43. The number of carbonyl (C=O) groups excluding carboxylic acids is 2. The second-order valence-corrected chi connectivity index (χ2v) is 10.1. The van der Waals surface area contributed by atoms with Crippen molar-refractivity contribution in [3.8, 4) is 5.69 Å². The number of amides is 2. The molecule has 2 amide bonds. The van der Waals surface area contributed by atoms with Crippen LogP contribution in [-0.4, -0.2) is 34.6 Å². The molecule has 2 aromatic heterocycles. The Labute approximate surface area is 204 Å². The molecule has 1 atom stereocenters. The standard InChI is InChI=1S/C27H31N3O3S/c1-2-33-26(31)20-13-11-19(12-14-20)17-28-27(32)30-18-21-7-3-4-8-22(21)29-15-5-9-23(29)25(30)24-10-6-16-34-24/h3-10,15-16,19-20,25H,2,11-14,17-18H2,1H3,(H,28,32).